The maximum absolute atomic E-state index is 12.1. The van der Waals surface area contributed by atoms with E-state index in [1.807, 2.05) is 0 Å². The molecule has 0 spiro atoms. The molecule has 0 N–H and O–H groups in total. The second kappa shape index (κ2) is 6.05. The highest BCUT2D eigenvalue weighted by Crippen LogP contribution is 2.28. The summed E-state index contributed by atoms with van der Waals surface area (Å²) in [6, 6.07) is 9.61. The minimum Gasteiger partial charge on any atom is -0.379 e. The summed E-state index contributed by atoms with van der Waals surface area (Å²) in [6.45, 7) is 1.40. The van der Waals surface area contributed by atoms with Gasteiger partial charge in [-0.3, -0.25) is 4.79 Å². The van der Waals surface area contributed by atoms with Crippen LogP contribution in [0, 0.1) is 0 Å². The Morgan fingerprint density at radius 1 is 1.00 bits per heavy atom. The van der Waals surface area contributed by atoms with Gasteiger partial charge in [-0.05, 0) is 31.2 Å². The van der Waals surface area contributed by atoms with Crippen LogP contribution in [0.2, 0.25) is 10.0 Å². The fourth-order valence-electron chi connectivity index (χ4n) is 1.56. The van der Waals surface area contributed by atoms with Crippen molar-refractivity contribution in [2.24, 2.45) is 0 Å². The first kappa shape index (κ1) is 15.8. The fourth-order valence-corrected chi connectivity index (χ4v) is 2.77. The zero-order valence-corrected chi connectivity index (χ0v) is 13.2. The predicted octanol–water partition coefficient (Wildman–Crippen LogP) is 3.96. The highest BCUT2D eigenvalue weighted by molar-refractivity contribution is 7.87. The minimum atomic E-state index is -4.00. The number of hydrogen-bond donors (Lipinski definition) is 0. The average molecular weight is 345 g/mol. The number of carbonyl (C=O) groups excluding carboxylic acids is 1. The van der Waals surface area contributed by atoms with Crippen LogP contribution in [0.4, 0.5) is 0 Å². The molecule has 0 unspecified atom stereocenters. The van der Waals surface area contributed by atoms with Gasteiger partial charge in [-0.25, -0.2) is 0 Å². The Labute approximate surface area is 132 Å². The summed E-state index contributed by atoms with van der Waals surface area (Å²) < 4.78 is 29.2. The summed E-state index contributed by atoms with van der Waals surface area (Å²) in [4.78, 5) is 11.1. The highest BCUT2D eigenvalue weighted by Gasteiger charge is 2.17. The Hall–Kier alpha value is -1.56. The molecule has 7 heteroatoms. The average Bonchev–Trinajstić information content (AvgIpc) is 2.43. The van der Waals surface area contributed by atoms with Gasteiger partial charge in [0.2, 0.25) is 0 Å². The van der Waals surface area contributed by atoms with E-state index in [1.54, 1.807) is 0 Å². The number of benzene rings is 2. The Kier molecular flexibility index (Phi) is 4.56. The largest absolute Gasteiger partial charge is 0.379 e. The lowest BCUT2D eigenvalue weighted by molar-refractivity contribution is 0.101. The number of ketones is 1. The van der Waals surface area contributed by atoms with Gasteiger partial charge in [0.05, 0.1) is 10.0 Å². The van der Waals surface area contributed by atoms with Crippen molar-refractivity contribution in [1.82, 2.24) is 0 Å². The summed E-state index contributed by atoms with van der Waals surface area (Å²) in [5, 5.41) is 0.489. The third-order valence-corrected chi connectivity index (χ3v) is 4.65. The van der Waals surface area contributed by atoms with Crippen molar-refractivity contribution in [2.75, 3.05) is 0 Å². The van der Waals surface area contributed by atoms with Crippen LogP contribution in [-0.2, 0) is 10.1 Å². The smallest absolute Gasteiger partial charge is 0.339 e. The second-order valence-electron chi connectivity index (χ2n) is 4.19. The molecule has 2 aromatic rings. The van der Waals surface area contributed by atoms with E-state index in [0.29, 0.717) is 10.6 Å². The molecule has 0 radical (unpaired) electrons. The Bertz CT molecular complexity index is 783. The van der Waals surface area contributed by atoms with Crippen molar-refractivity contribution in [3.63, 3.8) is 0 Å². The van der Waals surface area contributed by atoms with Gasteiger partial charge in [0.25, 0.3) is 0 Å². The predicted molar refractivity (Wildman–Crippen MR) is 80.7 cm³/mol. The van der Waals surface area contributed by atoms with Crippen LogP contribution in [0.5, 0.6) is 5.75 Å². The van der Waals surface area contributed by atoms with Crippen LogP contribution in [0.3, 0.4) is 0 Å². The molecule has 0 bridgehead atoms. The van der Waals surface area contributed by atoms with Crippen molar-refractivity contribution < 1.29 is 17.4 Å². The minimum absolute atomic E-state index is 0.0556. The summed E-state index contributed by atoms with van der Waals surface area (Å²) in [6.07, 6.45) is 0. The normalized spacial score (nSPS) is 11.2. The molecular weight excluding hydrogens is 335 g/mol. The Morgan fingerprint density at radius 2 is 1.62 bits per heavy atom. The van der Waals surface area contributed by atoms with Crippen molar-refractivity contribution in [1.29, 1.82) is 0 Å². The summed E-state index contributed by atoms with van der Waals surface area (Å²) in [7, 11) is -4.00. The van der Waals surface area contributed by atoms with Gasteiger partial charge in [0, 0.05) is 11.6 Å². The van der Waals surface area contributed by atoms with E-state index in [9.17, 15) is 13.2 Å². The fraction of sp³-hybridized carbons (Fsp3) is 0.0714. The Balaban J connectivity index is 2.29. The molecular formula is C14H10Cl2O4S. The number of rotatable bonds is 4. The molecule has 2 rings (SSSR count). The van der Waals surface area contributed by atoms with E-state index < -0.39 is 10.1 Å². The van der Waals surface area contributed by atoms with Gasteiger partial charge in [-0.15, -0.1) is 0 Å². The Morgan fingerprint density at radius 3 is 2.14 bits per heavy atom. The monoisotopic (exact) mass is 344 g/mol. The lowest BCUT2D eigenvalue weighted by atomic mass is 10.2. The standard InChI is InChI=1S/C14H10Cl2O4S/c1-9(17)10-2-5-12(6-3-10)21(18,19)20-11-4-7-13(15)14(16)8-11/h2-8H,1H3. The molecule has 0 amide bonds. The summed E-state index contributed by atoms with van der Waals surface area (Å²) in [5.74, 6) is -0.0932. The molecule has 0 saturated carbocycles. The SMILES string of the molecule is CC(=O)c1ccc(S(=O)(=O)Oc2ccc(Cl)c(Cl)c2)cc1. The van der Waals surface area contributed by atoms with Crippen LogP contribution in [0.25, 0.3) is 0 Å². The lowest BCUT2D eigenvalue weighted by Gasteiger charge is -2.08. The van der Waals surface area contributed by atoms with Crippen LogP contribution < -0.4 is 4.18 Å². The van der Waals surface area contributed by atoms with E-state index in [-0.39, 0.29) is 21.5 Å². The molecule has 0 atom stereocenters. The van der Waals surface area contributed by atoms with Crippen molar-refractivity contribution in [3.05, 3.63) is 58.1 Å². The molecule has 2 aromatic carbocycles. The van der Waals surface area contributed by atoms with Crippen LogP contribution in [0.1, 0.15) is 17.3 Å². The van der Waals surface area contributed by atoms with Gasteiger partial charge in [0.1, 0.15) is 10.6 Å². The molecule has 0 fully saturated rings. The third-order valence-electron chi connectivity index (χ3n) is 2.65. The molecule has 0 heterocycles. The number of halogens is 2. The van der Waals surface area contributed by atoms with Crippen molar-refractivity contribution in [2.45, 2.75) is 11.8 Å². The molecule has 0 aliphatic heterocycles. The van der Waals surface area contributed by atoms with Crippen molar-refractivity contribution >= 4 is 39.1 Å². The first-order valence-electron chi connectivity index (χ1n) is 5.80. The van der Waals surface area contributed by atoms with E-state index in [4.69, 9.17) is 27.4 Å². The zero-order valence-electron chi connectivity index (χ0n) is 10.8. The van der Waals surface area contributed by atoms with Gasteiger partial charge in [-0.2, -0.15) is 8.42 Å². The molecule has 0 aliphatic rings. The van der Waals surface area contributed by atoms with Gasteiger partial charge in [-0.1, -0.05) is 35.3 Å². The van der Waals surface area contributed by atoms with Gasteiger partial charge < -0.3 is 4.18 Å². The number of carbonyl (C=O) groups is 1. The lowest BCUT2D eigenvalue weighted by Crippen LogP contribution is -2.10. The number of hydrogen-bond acceptors (Lipinski definition) is 4. The molecule has 0 aliphatic carbocycles. The van der Waals surface area contributed by atoms with Crippen molar-refractivity contribution in [3.8, 4) is 5.75 Å². The summed E-state index contributed by atoms with van der Waals surface area (Å²) >= 11 is 11.5. The van der Waals surface area contributed by atoms with Gasteiger partial charge in [0.15, 0.2) is 5.78 Å². The van der Waals surface area contributed by atoms with Crippen LogP contribution in [0.15, 0.2) is 47.4 Å². The highest BCUT2D eigenvalue weighted by atomic mass is 35.5. The third kappa shape index (κ3) is 3.75. The zero-order chi connectivity index (χ0) is 15.6. The van der Waals surface area contributed by atoms with E-state index in [0.717, 1.165) is 0 Å². The summed E-state index contributed by atoms with van der Waals surface area (Å²) in [5.41, 5.74) is 0.420. The maximum atomic E-state index is 12.1. The van der Waals surface area contributed by atoms with Gasteiger partial charge >= 0.3 is 10.1 Å². The topological polar surface area (TPSA) is 60.4 Å². The first-order chi connectivity index (χ1) is 9.79. The quantitative estimate of drug-likeness (QED) is 0.622. The first-order valence-corrected chi connectivity index (χ1v) is 7.96. The van der Waals surface area contributed by atoms with E-state index in [1.165, 1.54) is 49.4 Å². The van der Waals surface area contributed by atoms with Crippen LogP contribution in [-0.4, -0.2) is 14.2 Å². The maximum Gasteiger partial charge on any atom is 0.339 e. The molecule has 0 aromatic heterocycles. The molecule has 21 heavy (non-hydrogen) atoms. The van der Waals surface area contributed by atoms with E-state index in [2.05, 4.69) is 0 Å². The number of Topliss-reactive ketones (excluding diaryl/α,β-unsaturated/α-hetero) is 1. The molecule has 0 saturated heterocycles. The second-order valence-corrected chi connectivity index (χ2v) is 6.55. The van der Waals surface area contributed by atoms with E-state index >= 15 is 0 Å². The van der Waals surface area contributed by atoms with Crippen LogP contribution >= 0.6 is 23.2 Å². The molecule has 4 nitrogen and oxygen atoms in total. The molecule has 110 valence electrons.